The second-order valence-corrected chi connectivity index (χ2v) is 3.66. The largest absolute Gasteiger partial charge is 0.507 e. The van der Waals surface area contributed by atoms with Crippen LogP contribution in [0.3, 0.4) is 0 Å². The Kier molecular flexibility index (Phi) is 3.08. The molecule has 0 saturated carbocycles. The fraction of sp³-hybridized carbons (Fsp3) is 0.0714. The third-order valence-electron chi connectivity index (χ3n) is 2.62. The minimum absolute atomic E-state index is 0.0438. The number of nitriles is 1. The molecule has 84 valence electrons. The van der Waals surface area contributed by atoms with Gasteiger partial charge in [-0.1, -0.05) is 30.3 Å². The molecule has 0 unspecified atom stereocenters. The summed E-state index contributed by atoms with van der Waals surface area (Å²) >= 11 is 0. The second kappa shape index (κ2) is 4.69. The average Bonchev–Trinajstić information content (AvgIpc) is 2.38. The van der Waals surface area contributed by atoms with Crippen LogP contribution in [0.2, 0.25) is 0 Å². The van der Waals surface area contributed by atoms with Gasteiger partial charge in [0.05, 0.1) is 12.2 Å². The number of phenolic OH excluding ortho intramolecular Hbond substituents is 1. The van der Waals surface area contributed by atoms with Gasteiger partial charge in [0.2, 0.25) is 0 Å². The minimum atomic E-state index is -0.0586. The molecule has 0 aliphatic rings. The van der Waals surface area contributed by atoms with Crippen molar-refractivity contribution in [3.05, 3.63) is 53.6 Å². The average molecular weight is 225 g/mol. The molecule has 0 spiro atoms. The minimum Gasteiger partial charge on any atom is -0.507 e. The Balaban J connectivity index is 2.54. The van der Waals surface area contributed by atoms with Crippen molar-refractivity contribution in [3.8, 4) is 22.9 Å². The smallest absolute Gasteiger partial charge is 0.133 e. The van der Waals surface area contributed by atoms with Crippen molar-refractivity contribution in [1.82, 2.24) is 0 Å². The van der Waals surface area contributed by atoms with E-state index in [1.807, 2.05) is 30.3 Å². The van der Waals surface area contributed by atoms with Crippen LogP contribution >= 0.6 is 0 Å². The van der Waals surface area contributed by atoms with Crippen molar-refractivity contribution < 1.29 is 10.2 Å². The molecule has 3 heteroatoms. The van der Waals surface area contributed by atoms with Crippen LogP contribution in [-0.2, 0) is 6.61 Å². The molecular formula is C14H11NO2. The van der Waals surface area contributed by atoms with Crippen LogP contribution in [0.5, 0.6) is 5.75 Å². The lowest BCUT2D eigenvalue weighted by atomic mass is 9.99. The normalized spacial score (nSPS) is 9.88. The van der Waals surface area contributed by atoms with E-state index < -0.39 is 0 Å². The molecule has 2 aromatic rings. The number of rotatable bonds is 2. The lowest BCUT2D eigenvalue weighted by Crippen LogP contribution is -1.89. The standard InChI is InChI=1S/C14H11NO2/c15-8-11-6-5-10(7-14(11)17)13-4-2-1-3-12(13)9-16/h1-7,16-17H,9H2. The maximum absolute atomic E-state index is 9.63. The van der Waals surface area contributed by atoms with E-state index in [4.69, 9.17) is 5.26 Å². The van der Waals surface area contributed by atoms with E-state index in [9.17, 15) is 10.2 Å². The van der Waals surface area contributed by atoms with Gasteiger partial charge in [0.15, 0.2) is 0 Å². The number of phenols is 1. The number of aliphatic hydroxyl groups is 1. The third kappa shape index (κ3) is 2.12. The molecular weight excluding hydrogens is 214 g/mol. The highest BCUT2D eigenvalue weighted by Crippen LogP contribution is 2.28. The Labute approximate surface area is 99.2 Å². The Morgan fingerprint density at radius 1 is 1.12 bits per heavy atom. The Bertz CT molecular complexity index is 585. The zero-order valence-corrected chi connectivity index (χ0v) is 9.09. The molecule has 0 aliphatic carbocycles. The second-order valence-electron chi connectivity index (χ2n) is 3.66. The maximum atomic E-state index is 9.63. The summed E-state index contributed by atoms with van der Waals surface area (Å²) in [4.78, 5) is 0. The van der Waals surface area contributed by atoms with Crippen molar-refractivity contribution in [2.45, 2.75) is 6.61 Å². The number of benzene rings is 2. The van der Waals surface area contributed by atoms with Gasteiger partial charge in [0, 0.05) is 0 Å². The van der Waals surface area contributed by atoms with Gasteiger partial charge in [-0.05, 0) is 28.8 Å². The van der Waals surface area contributed by atoms with E-state index in [-0.39, 0.29) is 17.9 Å². The van der Waals surface area contributed by atoms with Crippen LogP contribution in [0.25, 0.3) is 11.1 Å². The fourth-order valence-corrected chi connectivity index (χ4v) is 1.73. The van der Waals surface area contributed by atoms with E-state index in [0.717, 1.165) is 16.7 Å². The van der Waals surface area contributed by atoms with E-state index in [1.165, 1.54) is 6.07 Å². The summed E-state index contributed by atoms with van der Waals surface area (Å²) in [6.07, 6.45) is 0. The number of hydrogen-bond donors (Lipinski definition) is 2. The molecule has 0 aromatic heterocycles. The molecule has 0 fully saturated rings. The summed E-state index contributed by atoms with van der Waals surface area (Å²) in [6, 6.07) is 14.2. The zero-order chi connectivity index (χ0) is 12.3. The van der Waals surface area contributed by atoms with Crippen molar-refractivity contribution in [2.75, 3.05) is 0 Å². The fourth-order valence-electron chi connectivity index (χ4n) is 1.73. The number of aromatic hydroxyl groups is 1. The first kappa shape index (κ1) is 11.2. The molecule has 0 radical (unpaired) electrons. The molecule has 2 rings (SSSR count). The lowest BCUT2D eigenvalue weighted by molar-refractivity contribution is 0.282. The van der Waals surface area contributed by atoms with Crippen molar-refractivity contribution in [3.63, 3.8) is 0 Å². The summed E-state index contributed by atoms with van der Waals surface area (Å²) in [6.45, 7) is -0.0586. The van der Waals surface area contributed by atoms with E-state index in [2.05, 4.69) is 0 Å². The predicted octanol–water partition coefficient (Wildman–Crippen LogP) is 2.42. The monoisotopic (exact) mass is 225 g/mol. The highest BCUT2D eigenvalue weighted by Gasteiger charge is 2.06. The van der Waals surface area contributed by atoms with E-state index in [1.54, 1.807) is 12.1 Å². The van der Waals surface area contributed by atoms with E-state index >= 15 is 0 Å². The van der Waals surface area contributed by atoms with Gasteiger partial charge in [-0.3, -0.25) is 0 Å². The first-order valence-corrected chi connectivity index (χ1v) is 5.18. The van der Waals surface area contributed by atoms with Gasteiger partial charge < -0.3 is 10.2 Å². The van der Waals surface area contributed by atoms with E-state index in [0.29, 0.717) is 0 Å². The maximum Gasteiger partial charge on any atom is 0.133 e. The Hall–Kier alpha value is -2.31. The summed E-state index contributed by atoms with van der Waals surface area (Å²) in [5.74, 6) is -0.0438. The molecule has 2 N–H and O–H groups in total. The first-order valence-electron chi connectivity index (χ1n) is 5.18. The molecule has 0 bridgehead atoms. The van der Waals surface area contributed by atoms with Crippen LogP contribution in [-0.4, -0.2) is 10.2 Å². The van der Waals surface area contributed by atoms with Gasteiger partial charge in [0.1, 0.15) is 11.8 Å². The van der Waals surface area contributed by atoms with Gasteiger partial charge >= 0.3 is 0 Å². The van der Waals surface area contributed by atoms with Crippen molar-refractivity contribution >= 4 is 0 Å². The summed E-state index contributed by atoms with van der Waals surface area (Å²) < 4.78 is 0. The highest BCUT2D eigenvalue weighted by molar-refractivity contribution is 5.70. The SMILES string of the molecule is N#Cc1ccc(-c2ccccc2CO)cc1O. The van der Waals surface area contributed by atoms with Crippen LogP contribution in [0.4, 0.5) is 0 Å². The predicted molar refractivity (Wildman–Crippen MR) is 64.2 cm³/mol. The third-order valence-corrected chi connectivity index (χ3v) is 2.62. The topological polar surface area (TPSA) is 64.2 Å². The molecule has 17 heavy (non-hydrogen) atoms. The van der Waals surface area contributed by atoms with Crippen molar-refractivity contribution in [1.29, 1.82) is 5.26 Å². The molecule has 0 heterocycles. The quantitative estimate of drug-likeness (QED) is 0.824. The van der Waals surface area contributed by atoms with Crippen LogP contribution in [0, 0.1) is 11.3 Å². The lowest BCUT2D eigenvalue weighted by Gasteiger charge is -2.08. The number of hydrogen-bond acceptors (Lipinski definition) is 3. The number of aliphatic hydroxyl groups excluding tert-OH is 1. The molecule has 0 amide bonds. The summed E-state index contributed by atoms with van der Waals surface area (Å²) in [5, 5.41) is 27.6. The zero-order valence-electron chi connectivity index (χ0n) is 9.09. The van der Waals surface area contributed by atoms with Gasteiger partial charge in [-0.25, -0.2) is 0 Å². The molecule has 0 atom stereocenters. The Morgan fingerprint density at radius 3 is 2.53 bits per heavy atom. The van der Waals surface area contributed by atoms with Gasteiger partial charge in [-0.2, -0.15) is 5.26 Å². The highest BCUT2D eigenvalue weighted by atomic mass is 16.3. The van der Waals surface area contributed by atoms with Gasteiger partial charge in [0.25, 0.3) is 0 Å². The summed E-state index contributed by atoms with van der Waals surface area (Å²) in [5.41, 5.74) is 2.67. The molecule has 2 aromatic carbocycles. The van der Waals surface area contributed by atoms with Crippen LogP contribution in [0.1, 0.15) is 11.1 Å². The van der Waals surface area contributed by atoms with Crippen molar-refractivity contribution in [2.24, 2.45) is 0 Å². The Morgan fingerprint density at radius 2 is 1.88 bits per heavy atom. The number of nitrogens with zero attached hydrogens (tertiary/aromatic N) is 1. The van der Waals surface area contributed by atoms with Crippen LogP contribution in [0.15, 0.2) is 42.5 Å². The molecule has 0 saturated heterocycles. The first-order chi connectivity index (χ1) is 8.26. The summed E-state index contributed by atoms with van der Waals surface area (Å²) in [7, 11) is 0. The molecule has 3 nitrogen and oxygen atoms in total. The van der Waals surface area contributed by atoms with Gasteiger partial charge in [-0.15, -0.1) is 0 Å². The molecule has 0 aliphatic heterocycles. The van der Waals surface area contributed by atoms with Crippen LogP contribution < -0.4 is 0 Å².